The first kappa shape index (κ1) is 11.9. The fourth-order valence-corrected chi connectivity index (χ4v) is 1.74. The Morgan fingerprint density at radius 3 is 2.17 bits per heavy atom. The first-order valence-corrected chi connectivity index (χ1v) is 5.25. The van der Waals surface area contributed by atoms with E-state index in [1.165, 1.54) is 6.08 Å². The highest BCUT2D eigenvalue weighted by molar-refractivity contribution is 6.00. The monoisotopic (exact) mass is 242 g/mol. The molecule has 2 N–H and O–H groups in total. The number of carbonyl (C=O) groups is 2. The SMILES string of the molecule is O=C(O)/C=C/c1cc2ccccc2cc1C(=O)O. The summed E-state index contributed by atoms with van der Waals surface area (Å²) in [6.45, 7) is 0. The van der Waals surface area contributed by atoms with E-state index in [9.17, 15) is 9.59 Å². The van der Waals surface area contributed by atoms with Gasteiger partial charge in [0, 0.05) is 6.08 Å². The van der Waals surface area contributed by atoms with Gasteiger partial charge in [-0.3, -0.25) is 0 Å². The minimum Gasteiger partial charge on any atom is -0.478 e. The summed E-state index contributed by atoms with van der Waals surface area (Å²) in [4.78, 5) is 21.6. The van der Waals surface area contributed by atoms with E-state index in [4.69, 9.17) is 10.2 Å². The standard InChI is InChI=1S/C14H10O4/c15-13(16)6-5-11-7-9-3-1-2-4-10(9)8-12(11)14(17)18/h1-8H,(H,15,16)(H,17,18)/b6-5+. The largest absolute Gasteiger partial charge is 0.478 e. The van der Waals surface area contributed by atoms with E-state index in [0.717, 1.165) is 16.8 Å². The third-order valence-electron chi connectivity index (χ3n) is 2.55. The molecule has 0 radical (unpaired) electrons. The van der Waals surface area contributed by atoms with Crippen LogP contribution in [-0.4, -0.2) is 22.2 Å². The molecule has 90 valence electrons. The van der Waals surface area contributed by atoms with Crippen molar-refractivity contribution in [3.63, 3.8) is 0 Å². The molecular weight excluding hydrogens is 232 g/mol. The van der Waals surface area contributed by atoms with Crippen molar-refractivity contribution in [2.75, 3.05) is 0 Å². The van der Waals surface area contributed by atoms with Crippen molar-refractivity contribution in [3.05, 3.63) is 53.6 Å². The number of carboxylic acid groups (broad SMARTS) is 2. The van der Waals surface area contributed by atoms with E-state index in [1.54, 1.807) is 12.1 Å². The van der Waals surface area contributed by atoms with Gasteiger partial charge in [0.05, 0.1) is 5.56 Å². The Balaban J connectivity index is 2.65. The highest BCUT2D eigenvalue weighted by atomic mass is 16.4. The molecule has 18 heavy (non-hydrogen) atoms. The molecule has 0 aromatic heterocycles. The van der Waals surface area contributed by atoms with Crippen molar-refractivity contribution >= 4 is 28.8 Å². The minimum absolute atomic E-state index is 0.0891. The maximum Gasteiger partial charge on any atom is 0.336 e. The highest BCUT2D eigenvalue weighted by Gasteiger charge is 2.09. The number of aromatic carboxylic acids is 1. The second-order valence-electron chi connectivity index (χ2n) is 3.76. The average Bonchev–Trinajstić information content (AvgIpc) is 2.35. The molecule has 0 saturated carbocycles. The van der Waals surface area contributed by atoms with Gasteiger partial charge in [-0.25, -0.2) is 9.59 Å². The predicted molar refractivity (Wildman–Crippen MR) is 67.6 cm³/mol. The second kappa shape index (κ2) is 4.71. The maximum atomic E-state index is 11.1. The third kappa shape index (κ3) is 2.38. The lowest BCUT2D eigenvalue weighted by Gasteiger charge is -2.04. The molecule has 2 rings (SSSR count). The number of hydrogen-bond acceptors (Lipinski definition) is 2. The van der Waals surface area contributed by atoms with E-state index in [0.29, 0.717) is 5.56 Å². The van der Waals surface area contributed by atoms with Crippen LogP contribution in [0.3, 0.4) is 0 Å². The number of aliphatic carboxylic acids is 1. The third-order valence-corrected chi connectivity index (χ3v) is 2.55. The van der Waals surface area contributed by atoms with Gasteiger partial charge in [0.2, 0.25) is 0 Å². The normalized spacial score (nSPS) is 10.9. The van der Waals surface area contributed by atoms with Crippen molar-refractivity contribution in [3.8, 4) is 0 Å². The van der Waals surface area contributed by atoms with Gasteiger partial charge in [-0.2, -0.15) is 0 Å². The van der Waals surface area contributed by atoms with Crippen LogP contribution in [0.4, 0.5) is 0 Å². The fraction of sp³-hybridized carbons (Fsp3) is 0. The molecule has 0 amide bonds. The van der Waals surface area contributed by atoms with Gasteiger partial charge < -0.3 is 10.2 Å². The number of fused-ring (bicyclic) bond motifs is 1. The van der Waals surface area contributed by atoms with E-state index in [-0.39, 0.29) is 5.56 Å². The molecule has 0 aliphatic rings. The number of hydrogen-bond donors (Lipinski definition) is 2. The van der Waals surface area contributed by atoms with E-state index >= 15 is 0 Å². The van der Waals surface area contributed by atoms with Gasteiger partial charge in [0.1, 0.15) is 0 Å². The van der Waals surface area contributed by atoms with Crippen LogP contribution in [0, 0.1) is 0 Å². The zero-order chi connectivity index (χ0) is 13.1. The van der Waals surface area contributed by atoms with Crippen molar-refractivity contribution in [1.29, 1.82) is 0 Å². The fourth-order valence-electron chi connectivity index (χ4n) is 1.74. The van der Waals surface area contributed by atoms with Gasteiger partial charge in [-0.05, 0) is 34.5 Å². The van der Waals surface area contributed by atoms with Gasteiger partial charge in [-0.1, -0.05) is 24.3 Å². The molecule has 0 aliphatic heterocycles. The van der Waals surface area contributed by atoms with Crippen molar-refractivity contribution in [1.82, 2.24) is 0 Å². The molecule has 0 aliphatic carbocycles. The zero-order valence-corrected chi connectivity index (χ0v) is 9.33. The van der Waals surface area contributed by atoms with Crippen LogP contribution in [0.15, 0.2) is 42.5 Å². The van der Waals surface area contributed by atoms with E-state index in [1.807, 2.05) is 24.3 Å². The average molecular weight is 242 g/mol. The maximum absolute atomic E-state index is 11.1. The Bertz CT molecular complexity index is 656. The van der Waals surface area contributed by atoms with Gasteiger partial charge in [-0.15, -0.1) is 0 Å². The minimum atomic E-state index is -1.11. The summed E-state index contributed by atoms with van der Waals surface area (Å²) >= 11 is 0. The number of carboxylic acids is 2. The Morgan fingerprint density at radius 2 is 1.61 bits per heavy atom. The molecule has 0 heterocycles. The summed E-state index contributed by atoms with van der Waals surface area (Å²) in [6, 6.07) is 10.5. The molecule has 0 saturated heterocycles. The molecule has 4 nitrogen and oxygen atoms in total. The van der Waals surface area contributed by atoms with Crippen LogP contribution < -0.4 is 0 Å². The summed E-state index contributed by atoms with van der Waals surface area (Å²) in [7, 11) is 0. The Labute approximate surface area is 103 Å². The van der Waals surface area contributed by atoms with Gasteiger partial charge in [0.15, 0.2) is 0 Å². The predicted octanol–water partition coefficient (Wildman–Crippen LogP) is 2.64. The number of benzene rings is 2. The molecule has 2 aromatic carbocycles. The van der Waals surface area contributed by atoms with Crippen LogP contribution in [0.5, 0.6) is 0 Å². The van der Waals surface area contributed by atoms with Crippen LogP contribution in [0.2, 0.25) is 0 Å². The first-order chi connectivity index (χ1) is 8.58. The summed E-state index contributed by atoms with van der Waals surface area (Å²) < 4.78 is 0. The first-order valence-electron chi connectivity index (χ1n) is 5.25. The van der Waals surface area contributed by atoms with Crippen molar-refractivity contribution in [2.24, 2.45) is 0 Å². The summed E-state index contributed by atoms with van der Waals surface area (Å²) in [5.41, 5.74) is 0.467. The van der Waals surface area contributed by atoms with Crippen LogP contribution in [-0.2, 0) is 4.79 Å². The van der Waals surface area contributed by atoms with Crippen molar-refractivity contribution in [2.45, 2.75) is 0 Å². The summed E-state index contributed by atoms with van der Waals surface area (Å²) in [5.74, 6) is -2.19. The Morgan fingerprint density at radius 1 is 1.00 bits per heavy atom. The second-order valence-corrected chi connectivity index (χ2v) is 3.76. The molecule has 0 spiro atoms. The van der Waals surface area contributed by atoms with Crippen LogP contribution in [0.25, 0.3) is 16.8 Å². The lowest BCUT2D eigenvalue weighted by atomic mass is 10.0. The Hall–Kier alpha value is -2.62. The quantitative estimate of drug-likeness (QED) is 0.811. The molecule has 0 atom stereocenters. The molecular formula is C14H10O4. The number of rotatable bonds is 3. The smallest absolute Gasteiger partial charge is 0.336 e. The Kier molecular flexibility index (Phi) is 3.10. The lowest BCUT2D eigenvalue weighted by molar-refractivity contribution is -0.131. The van der Waals surface area contributed by atoms with E-state index in [2.05, 4.69) is 0 Å². The van der Waals surface area contributed by atoms with Crippen LogP contribution >= 0.6 is 0 Å². The molecule has 0 bridgehead atoms. The summed E-state index contributed by atoms with van der Waals surface area (Å²) in [6.07, 6.45) is 2.22. The summed E-state index contributed by atoms with van der Waals surface area (Å²) in [5, 5.41) is 19.4. The molecule has 0 unspecified atom stereocenters. The van der Waals surface area contributed by atoms with E-state index < -0.39 is 11.9 Å². The molecule has 0 fully saturated rings. The van der Waals surface area contributed by atoms with Crippen molar-refractivity contribution < 1.29 is 19.8 Å². The molecule has 4 heteroatoms. The van der Waals surface area contributed by atoms with Crippen LogP contribution in [0.1, 0.15) is 15.9 Å². The topological polar surface area (TPSA) is 74.6 Å². The zero-order valence-electron chi connectivity index (χ0n) is 9.33. The van der Waals surface area contributed by atoms with Gasteiger partial charge in [0.25, 0.3) is 0 Å². The van der Waals surface area contributed by atoms with Gasteiger partial charge >= 0.3 is 11.9 Å². The lowest BCUT2D eigenvalue weighted by Crippen LogP contribution is -2.00. The highest BCUT2D eigenvalue weighted by Crippen LogP contribution is 2.21. The molecule has 2 aromatic rings.